The van der Waals surface area contributed by atoms with Crippen LogP contribution in [0.5, 0.6) is 0 Å². The molecule has 2 atom stereocenters. The van der Waals surface area contributed by atoms with Gasteiger partial charge in [0.1, 0.15) is 6.04 Å². The van der Waals surface area contributed by atoms with Crippen molar-refractivity contribution in [3.8, 4) is 0 Å². The number of hydrogen-bond donors (Lipinski definition) is 2. The topological polar surface area (TPSA) is 84.2 Å². The Hall–Kier alpha value is -1.85. The van der Waals surface area contributed by atoms with Crippen molar-refractivity contribution in [2.75, 3.05) is 0 Å². The number of carboxylic acids is 1. The molecule has 0 aromatic carbocycles. The molecule has 0 bridgehead atoms. The molecule has 21 heavy (non-hydrogen) atoms. The molecule has 1 rings (SSSR count). The third-order valence-electron chi connectivity index (χ3n) is 4.06. The minimum absolute atomic E-state index is 0.0895. The summed E-state index contributed by atoms with van der Waals surface area (Å²) >= 11 is 0. The van der Waals surface area contributed by atoms with Gasteiger partial charge >= 0.3 is 5.97 Å². The summed E-state index contributed by atoms with van der Waals surface area (Å²) in [5, 5.41) is 16.1. The second kappa shape index (κ2) is 7.24. The van der Waals surface area contributed by atoms with Crippen molar-refractivity contribution in [3.05, 3.63) is 17.0 Å². The van der Waals surface area contributed by atoms with Gasteiger partial charge in [-0.2, -0.15) is 5.10 Å². The van der Waals surface area contributed by atoms with Crippen LogP contribution in [0.3, 0.4) is 0 Å². The normalized spacial score (nSPS) is 13.8. The molecule has 1 unspecified atom stereocenters. The predicted molar refractivity (Wildman–Crippen MR) is 80.0 cm³/mol. The van der Waals surface area contributed by atoms with Gasteiger partial charge in [0.2, 0.25) is 5.91 Å². The van der Waals surface area contributed by atoms with Crippen LogP contribution >= 0.6 is 0 Å². The molecule has 0 saturated heterocycles. The Morgan fingerprint density at radius 1 is 1.38 bits per heavy atom. The van der Waals surface area contributed by atoms with E-state index in [4.69, 9.17) is 0 Å². The molecule has 118 valence electrons. The molecule has 0 fully saturated rings. The first kappa shape index (κ1) is 17.2. The number of carbonyl (C=O) groups excluding carboxylic acids is 1. The van der Waals surface area contributed by atoms with Gasteiger partial charge in [0.15, 0.2) is 0 Å². The summed E-state index contributed by atoms with van der Waals surface area (Å²) in [5.41, 5.74) is 3.01. The number of aromatic nitrogens is 2. The molecule has 6 heteroatoms. The third-order valence-corrected chi connectivity index (χ3v) is 4.06. The maximum Gasteiger partial charge on any atom is 0.326 e. The highest BCUT2D eigenvalue weighted by molar-refractivity contribution is 5.83. The Kier molecular flexibility index (Phi) is 5.93. The molecular formula is C15H25N3O3. The van der Waals surface area contributed by atoms with Crippen molar-refractivity contribution in [1.29, 1.82) is 0 Å². The number of rotatable bonds is 7. The maximum atomic E-state index is 12.0. The van der Waals surface area contributed by atoms with Crippen molar-refractivity contribution in [1.82, 2.24) is 15.1 Å². The van der Waals surface area contributed by atoms with E-state index in [0.717, 1.165) is 17.0 Å². The summed E-state index contributed by atoms with van der Waals surface area (Å²) in [6, 6.07) is -0.821. The monoisotopic (exact) mass is 295 g/mol. The van der Waals surface area contributed by atoms with E-state index in [1.54, 1.807) is 4.68 Å². The fourth-order valence-corrected chi connectivity index (χ4v) is 2.35. The molecule has 0 radical (unpaired) electrons. The van der Waals surface area contributed by atoms with E-state index in [1.165, 1.54) is 0 Å². The standard InChI is InChI=1S/C15H25N3O3/c1-6-9(2)14(15(20)21)16-13(19)8-7-12-10(3)17-18(5)11(12)4/h9,14H,6-8H2,1-5H3,(H,16,19)(H,20,21)/t9?,14-/m0/s1. The van der Waals surface area contributed by atoms with Crippen LogP contribution in [0, 0.1) is 19.8 Å². The number of aryl methyl sites for hydroxylation is 2. The number of hydrogen-bond acceptors (Lipinski definition) is 3. The Bertz CT molecular complexity index is 522. The van der Waals surface area contributed by atoms with Crippen molar-refractivity contribution in [3.63, 3.8) is 0 Å². The van der Waals surface area contributed by atoms with Gasteiger partial charge in [-0.25, -0.2) is 4.79 Å². The molecule has 0 aliphatic rings. The van der Waals surface area contributed by atoms with E-state index in [0.29, 0.717) is 12.8 Å². The summed E-state index contributed by atoms with van der Waals surface area (Å²) < 4.78 is 1.79. The fraction of sp³-hybridized carbons (Fsp3) is 0.667. The minimum Gasteiger partial charge on any atom is -0.480 e. The molecule has 1 aromatic rings. The molecule has 0 aliphatic heterocycles. The number of carbonyl (C=O) groups is 2. The van der Waals surface area contributed by atoms with Gasteiger partial charge in [-0.1, -0.05) is 20.3 Å². The molecule has 1 amide bonds. The molecule has 0 saturated carbocycles. The maximum absolute atomic E-state index is 12.0. The number of nitrogens with zero attached hydrogens (tertiary/aromatic N) is 2. The number of aliphatic carboxylic acids is 1. The summed E-state index contributed by atoms with van der Waals surface area (Å²) in [5.74, 6) is -1.30. The van der Waals surface area contributed by atoms with Crippen molar-refractivity contribution in [2.24, 2.45) is 13.0 Å². The quantitative estimate of drug-likeness (QED) is 0.800. The first-order valence-corrected chi connectivity index (χ1v) is 7.29. The van der Waals surface area contributed by atoms with Crippen molar-refractivity contribution < 1.29 is 14.7 Å². The zero-order valence-electron chi connectivity index (χ0n) is 13.4. The minimum atomic E-state index is -0.980. The Labute approximate surface area is 125 Å². The third kappa shape index (κ3) is 4.31. The summed E-state index contributed by atoms with van der Waals surface area (Å²) in [6.45, 7) is 7.62. The highest BCUT2D eigenvalue weighted by atomic mass is 16.4. The SMILES string of the molecule is CCC(C)[C@H](NC(=O)CCc1c(C)nn(C)c1C)C(=O)O. The number of amides is 1. The number of nitrogens with one attached hydrogen (secondary N) is 1. The Balaban J connectivity index is 2.63. The van der Waals surface area contributed by atoms with Gasteiger partial charge in [-0.3, -0.25) is 9.48 Å². The molecule has 1 aromatic heterocycles. The van der Waals surface area contributed by atoms with Crippen LogP contribution in [-0.4, -0.2) is 32.8 Å². The van der Waals surface area contributed by atoms with Gasteiger partial charge in [0, 0.05) is 19.2 Å². The van der Waals surface area contributed by atoms with Crippen LogP contribution in [0.2, 0.25) is 0 Å². The van der Waals surface area contributed by atoms with Gasteiger partial charge in [-0.05, 0) is 31.7 Å². The van der Waals surface area contributed by atoms with E-state index in [9.17, 15) is 14.7 Å². The van der Waals surface area contributed by atoms with Crippen LogP contribution < -0.4 is 5.32 Å². The van der Waals surface area contributed by atoms with Gasteiger partial charge < -0.3 is 10.4 Å². The lowest BCUT2D eigenvalue weighted by Crippen LogP contribution is -2.45. The van der Waals surface area contributed by atoms with E-state index in [1.807, 2.05) is 34.7 Å². The molecule has 0 aliphatic carbocycles. The molecule has 6 nitrogen and oxygen atoms in total. The van der Waals surface area contributed by atoms with E-state index >= 15 is 0 Å². The number of carboxylic acid groups (broad SMARTS) is 1. The lowest BCUT2D eigenvalue weighted by molar-refractivity contribution is -0.143. The Morgan fingerprint density at radius 3 is 2.43 bits per heavy atom. The zero-order chi connectivity index (χ0) is 16.2. The van der Waals surface area contributed by atoms with Crippen LogP contribution in [0.1, 0.15) is 43.6 Å². The van der Waals surface area contributed by atoms with Crippen molar-refractivity contribution in [2.45, 2.75) is 53.0 Å². The van der Waals surface area contributed by atoms with E-state index in [-0.39, 0.29) is 18.2 Å². The fourth-order valence-electron chi connectivity index (χ4n) is 2.35. The van der Waals surface area contributed by atoms with Gasteiger partial charge in [0.05, 0.1) is 5.69 Å². The predicted octanol–water partition coefficient (Wildman–Crippen LogP) is 1.59. The summed E-state index contributed by atoms with van der Waals surface area (Å²) in [6.07, 6.45) is 1.55. The first-order valence-electron chi connectivity index (χ1n) is 7.29. The smallest absolute Gasteiger partial charge is 0.326 e. The average molecular weight is 295 g/mol. The van der Waals surface area contributed by atoms with Gasteiger partial charge in [0.25, 0.3) is 0 Å². The molecular weight excluding hydrogens is 270 g/mol. The van der Waals surface area contributed by atoms with Crippen LogP contribution in [0.15, 0.2) is 0 Å². The lowest BCUT2D eigenvalue weighted by Gasteiger charge is -2.20. The second-order valence-corrected chi connectivity index (χ2v) is 5.54. The average Bonchev–Trinajstić information content (AvgIpc) is 2.66. The molecule has 2 N–H and O–H groups in total. The second-order valence-electron chi connectivity index (χ2n) is 5.54. The van der Waals surface area contributed by atoms with Gasteiger partial charge in [-0.15, -0.1) is 0 Å². The summed E-state index contributed by atoms with van der Waals surface area (Å²) in [7, 11) is 1.87. The Morgan fingerprint density at radius 2 is 2.00 bits per heavy atom. The lowest BCUT2D eigenvalue weighted by atomic mass is 9.99. The van der Waals surface area contributed by atoms with Crippen LogP contribution in [0.25, 0.3) is 0 Å². The first-order chi connectivity index (χ1) is 9.77. The molecule has 1 heterocycles. The van der Waals surface area contributed by atoms with Crippen LogP contribution in [0.4, 0.5) is 0 Å². The summed E-state index contributed by atoms with van der Waals surface area (Å²) in [4.78, 5) is 23.2. The highest BCUT2D eigenvalue weighted by Crippen LogP contribution is 2.14. The van der Waals surface area contributed by atoms with E-state index in [2.05, 4.69) is 10.4 Å². The van der Waals surface area contributed by atoms with Crippen LogP contribution in [-0.2, 0) is 23.1 Å². The van der Waals surface area contributed by atoms with E-state index < -0.39 is 12.0 Å². The van der Waals surface area contributed by atoms with Crippen molar-refractivity contribution >= 4 is 11.9 Å². The zero-order valence-corrected chi connectivity index (χ0v) is 13.4. The molecule has 0 spiro atoms. The largest absolute Gasteiger partial charge is 0.480 e. The highest BCUT2D eigenvalue weighted by Gasteiger charge is 2.25.